The van der Waals surface area contributed by atoms with Crippen LogP contribution in [0.25, 0.3) is 22.5 Å². The van der Waals surface area contributed by atoms with Gasteiger partial charge in [-0.25, -0.2) is 9.97 Å². The highest BCUT2D eigenvalue weighted by Crippen LogP contribution is 2.25. The Morgan fingerprint density at radius 3 is 1.43 bits per heavy atom. The maximum absolute atomic E-state index is 13.1. The van der Waals surface area contributed by atoms with Crippen LogP contribution in [0.1, 0.15) is 11.1 Å². The van der Waals surface area contributed by atoms with E-state index in [9.17, 15) is 29.7 Å². The highest BCUT2D eigenvalue weighted by molar-refractivity contribution is 7.80. The van der Waals surface area contributed by atoms with Crippen molar-refractivity contribution in [1.82, 2.24) is 29.1 Å². The molecule has 14 nitrogen and oxygen atoms in total. The van der Waals surface area contributed by atoms with Crippen LogP contribution in [0, 0.1) is 22.7 Å². The van der Waals surface area contributed by atoms with Gasteiger partial charge in [0.25, 0.3) is 22.9 Å². The Balaban J connectivity index is 1.36. The van der Waals surface area contributed by atoms with Crippen LogP contribution in [0.5, 0.6) is 0 Å². The number of aromatic nitrogens is 4. The number of fused-ring (bicyclic) bond motifs is 2. The number of hydrogen-bond donors (Lipinski definition) is 2. The van der Waals surface area contributed by atoms with E-state index in [1.165, 1.54) is 0 Å². The van der Waals surface area contributed by atoms with Crippen LogP contribution >= 0.6 is 12.2 Å². The quantitative estimate of drug-likeness (QED) is 0.327. The van der Waals surface area contributed by atoms with Crippen LogP contribution < -0.4 is 22.0 Å². The first kappa shape index (κ1) is 26.1. The predicted octanol–water partition coefficient (Wildman–Crippen LogP) is 1.20. The van der Waals surface area contributed by atoms with Crippen molar-refractivity contribution in [3.63, 3.8) is 0 Å². The number of nitriles is 2. The second kappa shape index (κ2) is 10.1. The molecule has 0 fully saturated rings. The summed E-state index contributed by atoms with van der Waals surface area (Å²) >= 11 is 5.47. The molecule has 2 aliphatic heterocycles. The monoisotopic (exact) mass is 576 g/mol. The summed E-state index contributed by atoms with van der Waals surface area (Å²) in [7, 11) is 0. The van der Waals surface area contributed by atoms with Crippen LogP contribution in [-0.2, 0) is 22.7 Å². The second-order valence-electron chi connectivity index (χ2n) is 9.02. The molecule has 2 aromatic carbocycles. The van der Waals surface area contributed by atoms with Gasteiger partial charge in [0.15, 0.2) is 0 Å². The van der Waals surface area contributed by atoms with E-state index >= 15 is 0 Å². The number of benzene rings is 2. The molecule has 0 unspecified atom stereocenters. The first-order valence-electron chi connectivity index (χ1n) is 12.3. The van der Waals surface area contributed by atoms with E-state index in [1.54, 1.807) is 60.7 Å². The molecule has 2 aromatic heterocycles. The first-order valence-corrected chi connectivity index (χ1v) is 12.7. The molecule has 6 rings (SSSR count). The Kier molecular flexibility index (Phi) is 6.26. The molecule has 4 aromatic rings. The molecule has 2 aliphatic rings. The molecular weight excluding hydrogens is 560 g/mol. The number of rotatable bonds is 2. The number of anilines is 2. The predicted molar refractivity (Wildman–Crippen MR) is 151 cm³/mol. The average molecular weight is 577 g/mol. The maximum atomic E-state index is 13.1. The summed E-state index contributed by atoms with van der Waals surface area (Å²) in [6.45, 7) is -1.03. The summed E-state index contributed by atoms with van der Waals surface area (Å²) in [5, 5.41) is 20.7. The molecular formula is C27H16N10O4S. The van der Waals surface area contributed by atoms with Crippen molar-refractivity contribution in [3.8, 4) is 34.7 Å². The van der Waals surface area contributed by atoms with Crippen LogP contribution in [0.3, 0.4) is 0 Å². The van der Waals surface area contributed by atoms with Gasteiger partial charge in [0.2, 0.25) is 17.0 Å². The first-order chi connectivity index (χ1) is 20.3. The number of thiocarbonyl (C=S) groups is 1. The van der Waals surface area contributed by atoms with E-state index in [0.29, 0.717) is 11.1 Å². The van der Waals surface area contributed by atoms with Crippen molar-refractivity contribution in [3.05, 3.63) is 92.5 Å². The number of hydrogen-bond acceptors (Lipinski definition) is 11. The molecule has 4 heterocycles. The SMILES string of the molecule is N#Cc1c(-c2ccccc2)nc2n(c1=O)CC(=O)N(C(=S)N1Nc3nc(-c4ccccc4)c(C#N)c(=O)n3CC1=O)N2. The maximum Gasteiger partial charge on any atom is 0.274 e. The molecule has 0 saturated heterocycles. The fraction of sp³-hybridized carbons (Fsp3) is 0.0741. The molecule has 0 saturated carbocycles. The van der Waals surface area contributed by atoms with Gasteiger partial charge in [0.05, 0.1) is 11.4 Å². The third kappa shape index (κ3) is 4.14. The van der Waals surface area contributed by atoms with Crippen molar-refractivity contribution in [2.24, 2.45) is 0 Å². The normalized spacial score (nSPS) is 13.7. The van der Waals surface area contributed by atoms with Crippen molar-refractivity contribution >= 4 is 41.0 Å². The van der Waals surface area contributed by atoms with Gasteiger partial charge < -0.3 is 0 Å². The zero-order chi connectivity index (χ0) is 29.5. The highest BCUT2D eigenvalue weighted by atomic mass is 32.1. The Morgan fingerprint density at radius 1 is 0.690 bits per heavy atom. The van der Waals surface area contributed by atoms with E-state index in [-0.39, 0.29) is 39.5 Å². The topological polar surface area (TPSA) is 182 Å². The van der Waals surface area contributed by atoms with Gasteiger partial charge in [-0.1, -0.05) is 60.7 Å². The van der Waals surface area contributed by atoms with E-state index in [2.05, 4.69) is 20.8 Å². The number of carbonyl (C=O) groups excluding carboxylic acids is 2. The minimum atomic E-state index is -0.723. The zero-order valence-corrected chi connectivity index (χ0v) is 22.1. The molecule has 0 atom stereocenters. The Morgan fingerprint density at radius 2 is 1.07 bits per heavy atom. The summed E-state index contributed by atoms with van der Waals surface area (Å²) in [4.78, 5) is 61.3. The van der Waals surface area contributed by atoms with Crippen LogP contribution in [-0.4, -0.2) is 46.0 Å². The lowest BCUT2D eigenvalue weighted by molar-refractivity contribution is -0.130. The summed E-state index contributed by atoms with van der Waals surface area (Å²) in [6, 6.07) is 20.9. The lowest BCUT2D eigenvalue weighted by atomic mass is 10.1. The number of nitrogens with one attached hydrogen (secondary N) is 2. The largest absolute Gasteiger partial charge is 0.274 e. The van der Waals surface area contributed by atoms with Gasteiger partial charge >= 0.3 is 0 Å². The summed E-state index contributed by atoms with van der Waals surface area (Å²) < 4.78 is 2.01. The van der Waals surface area contributed by atoms with Crippen LogP contribution in [0.15, 0.2) is 70.3 Å². The van der Waals surface area contributed by atoms with Crippen molar-refractivity contribution in [2.75, 3.05) is 10.9 Å². The van der Waals surface area contributed by atoms with E-state index < -0.39 is 36.0 Å². The number of nitrogens with zero attached hydrogens (tertiary/aromatic N) is 8. The van der Waals surface area contributed by atoms with Gasteiger partial charge in [0.1, 0.15) is 36.4 Å². The van der Waals surface area contributed by atoms with Crippen molar-refractivity contribution < 1.29 is 9.59 Å². The fourth-order valence-electron chi connectivity index (χ4n) is 4.53. The minimum Gasteiger partial charge on any atom is -0.270 e. The highest BCUT2D eigenvalue weighted by Gasteiger charge is 2.37. The van der Waals surface area contributed by atoms with Gasteiger partial charge in [-0.05, 0) is 12.2 Å². The van der Waals surface area contributed by atoms with Crippen LogP contribution in [0.4, 0.5) is 11.9 Å². The molecule has 0 radical (unpaired) electrons. The fourth-order valence-corrected chi connectivity index (χ4v) is 4.83. The molecule has 42 heavy (non-hydrogen) atoms. The van der Waals surface area contributed by atoms with Gasteiger partial charge in [0, 0.05) is 11.1 Å². The zero-order valence-electron chi connectivity index (χ0n) is 21.3. The second-order valence-corrected chi connectivity index (χ2v) is 9.39. The molecule has 2 amide bonds. The van der Waals surface area contributed by atoms with E-state index in [4.69, 9.17) is 12.2 Å². The summed E-state index contributed by atoms with van der Waals surface area (Å²) in [5.41, 5.74) is 4.67. The third-order valence-corrected chi connectivity index (χ3v) is 6.91. The molecule has 2 N–H and O–H groups in total. The molecule has 0 aliphatic carbocycles. The molecule has 0 spiro atoms. The summed E-state index contributed by atoms with van der Waals surface area (Å²) in [6.07, 6.45) is 0. The smallest absolute Gasteiger partial charge is 0.270 e. The Hall–Kier alpha value is -6.19. The number of hydrazine groups is 2. The van der Waals surface area contributed by atoms with Crippen molar-refractivity contribution in [1.29, 1.82) is 10.5 Å². The van der Waals surface area contributed by atoms with E-state index in [1.807, 2.05) is 12.1 Å². The third-order valence-electron chi connectivity index (χ3n) is 6.55. The number of amides is 2. The summed E-state index contributed by atoms with van der Waals surface area (Å²) in [5.74, 6) is -1.60. The average Bonchev–Trinajstić information content (AvgIpc) is 3.01. The molecule has 0 bridgehead atoms. The Bertz CT molecular complexity index is 1880. The Labute approximate surface area is 241 Å². The lowest BCUT2D eigenvalue weighted by Gasteiger charge is -2.36. The van der Waals surface area contributed by atoms with Crippen LogP contribution in [0.2, 0.25) is 0 Å². The molecule has 15 heteroatoms. The molecule has 204 valence electrons. The standard InChI is InChI=1S/C27H16N10O4S/c28-11-17-21(15-7-3-1-4-8-15)30-25-32-36(19(38)13-34(25)23(17)40)27(42)37-20(39)14-35-24(41)18(12-29)22(31-26(35)33-37)16-9-5-2-6-10-16/h1-10H,13-14H2,(H,30,32)(H,31,33). The van der Waals surface area contributed by atoms with Crippen molar-refractivity contribution in [2.45, 2.75) is 13.1 Å². The van der Waals surface area contributed by atoms with Gasteiger partial charge in [-0.3, -0.25) is 39.2 Å². The lowest BCUT2D eigenvalue weighted by Crippen LogP contribution is -2.59. The minimum absolute atomic E-state index is 0.0796. The van der Waals surface area contributed by atoms with Gasteiger partial charge in [-0.15, -0.1) is 0 Å². The van der Waals surface area contributed by atoms with E-state index in [0.717, 1.165) is 19.2 Å². The number of carbonyl (C=O) groups is 2. The van der Waals surface area contributed by atoms with Gasteiger partial charge in [-0.2, -0.15) is 20.5 Å².